The standard InChI is InChI=1S/C25H23N3O2/c29-25(24(28-16-8-15-27-28)22-12-5-2-6-13-22)26-18-21-11-7-14-23(17-21)30-19-20-9-3-1-4-10-20/h1-17,24H,18-19H2,(H,26,29). The Bertz CT molecular complexity index is 1060. The Balaban J connectivity index is 1.41. The van der Waals surface area contributed by atoms with Crippen LogP contribution in [0.15, 0.2) is 103 Å². The van der Waals surface area contributed by atoms with E-state index in [9.17, 15) is 4.79 Å². The van der Waals surface area contributed by atoms with Gasteiger partial charge in [-0.05, 0) is 34.9 Å². The van der Waals surface area contributed by atoms with E-state index in [2.05, 4.69) is 10.4 Å². The fraction of sp³-hybridized carbons (Fsp3) is 0.120. The van der Waals surface area contributed by atoms with Crippen LogP contribution in [0.3, 0.4) is 0 Å². The molecule has 3 aromatic carbocycles. The summed E-state index contributed by atoms with van der Waals surface area (Å²) < 4.78 is 7.56. The van der Waals surface area contributed by atoms with Crippen LogP contribution >= 0.6 is 0 Å². The molecule has 4 aromatic rings. The van der Waals surface area contributed by atoms with Crippen molar-refractivity contribution in [3.05, 3.63) is 120 Å². The summed E-state index contributed by atoms with van der Waals surface area (Å²) >= 11 is 0. The number of carbonyl (C=O) groups is 1. The lowest BCUT2D eigenvalue weighted by Crippen LogP contribution is -2.33. The molecule has 1 amide bonds. The van der Waals surface area contributed by atoms with Crippen LogP contribution in [-0.2, 0) is 17.9 Å². The maximum absolute atomic E-state index is 13.0. The minimum absolute atomic E-state index is 0.111. The highest BCUT2D eigenvalue weighted by atomic mass is 16.5. The summed E-state index contributed by atoms with van der Waals surface area (Å²) in [6.45, 7) is 0.915. The Morgan fingerprint density at radius 1 is 0.900 bits per heavy atom. The van der Waals surface area contributed by atoms with Crippen LogP contribution in [-0.4, -0.2) is 15.7 Å². The fourth-order valence-electron chi connectivity index (χ4n) is 3.26. The van der Waals surface area contributed by atoms with Crippen LogP contribution in [0, 0.1) is 0 Å². The number of ether oxygens (including phenoxy) is 1. The van der Waals surface area contributed by atoms with Crippen LogP contribution in [0.4, 0.5) is 0 Å². The van der Waals surface area contributed by atoms with E-state index >= 15 is 0 Å². The highest BCUT2D eigenvalue weighted by molar-refractivity contribution is 5.83. The topological polar surface area (TPSA) is 56.1 Å². The molecule has 150 valence electrons. The van der Waals surface area contributed by atoms with E-state index in [1.54, 1.807) is 17.1 Å². The highest BCUT2D eigenvalue weighted by Gasteiger charge is 2.22. The van der Waals surface area contributed by atoms with Crippen molar-refractivity contribution in [2.24, 2.45) is 0 Å². The van der Waals surface area contributed by atoms with Crippen LogP contribution in [0.25, 0.3) is 0 Å². The van der Waals surface area contributed by atoms with Crippen LogP contribution in [0.2, 0.25) is 0 Å². The molecule has 0 aliphatic rings. The van der Waals surface area contributed by atoms with E-state index in [0.717, 1.165) is 22.4 Å². The van der Waals surface area contributed by atoms with E-state index in [4.69, 9.17) is 4.74 Å². The largest absolute Gasteiger partial charge is 0.489 e. The predicted molar refractivity (Wildman–Crippen MR) is 116 cm³/mol. The van der Waals surface area contributed by atoms with Crippen molar-refractivity contribution in [3.63, 3.8) is 0 Å². The minimum atomic E-state index is -0.515. The molecule has 0 aliphatic carbocycles. The summed E-state index contributed by atoms with van der Waals surface area (Å²) in [5, 5.41) is 7.30. The molecule has 1 N–H and O–H groups in total. The van der Waals surface area contributed by atoms with E-state index in [1.165, 1.54) is 0 Å². The van der Waals surface area contributed by atoms with Gasteiger partial charge in [0, 0.05) is 18.9 Å². The molecule has 1 atom stereocenters. The van der Waals surface area contributed by atoms with Crippen molar-refractivity contribution in [3.8, 4) is 5.75 Å². The number of aromatic nitrogens is 2. The SMILES string of the molecule is O=C(NCc1cccc(OCc2ccccc2)c1)C(c1ccccc1)n1cccn1. The fourth-order valence-corrected chi connectivity index (χ4v) is 3.26. The van der Waals surface area contributed by atoms with Gasteiger partial charge < -0.3 is 10.1 Å². The number of nitrogens with one attached hydrogen (secondary N) is 1. The average Bonchev–Trinajstić information content (AvgIpc) is 3.32. The van der Waals surface area contributed by atoms with Gasteiger partial charge in [0.15, 0.2) is 6.04 Å². The lowest BCUT2D eigenvalue weighted by atomic mass is 10.1. The van der Waals surface area contributed by atoms with E-state index in [1.807, 2.05) is 91.0 Å². The molecule has 0 saturated heterocycles. The predicted octanol–water partition coefficient (Wildman–Crippen LogP) is 4.37. The Kier molecular flexibility index (Phi) is 6.20. The smallest absolute Gasteiger partial charge is 0.249 e. The second kappa shape index (κ2) is 9.56. The summed E-state index contributed by atoms with van der Waals surface area (Å²) in [7, 11) is 0. The van der Waals surface area contributed by atoms with Gasteiger partial charge in [0.05, 0.1) is 0 Å². The van der Waals surface area contributed by atoms with Gasteiger partial charge in [-0.2, -0.15) is 5.10 Å². The molecule has 1 aromatic heterocycles. The Morgan fingerprint density at radius 3 is 2.37 bits per heavy atom. The summed E-state index contributed by atoms with van der Waals surface area (Å²) in [6.07, 6.45) is 3.48. The number of nitrogens with zero attached hydrogens (tertiary/aromatic N) is 2. The first-order valence-electron chi connectivity index (χ1n) is 9.87. The molecular formula is C25H23N3O2. The van der Waals surface area contributed by atoms with Crippen molar-refractivity contribution in [2.45, 2.75) is 19.2 Å². The van der Waals surface area contributed by atoms with Gasteiger partial charge in [-0.15, -0.1) is 0 Å². The highest BCUT2D eigenvalue weighted by Crippen LogP contribution is 2.19. The number of amides is 1. The first-order chi connectivity index (χ1) is 14.8. The van der Waals surface area contributed by atoms with E-state index in [0.29, 0.717) is 13.2 Å². The number of carbonyl (C=O) groups excluding carboxylic acids is 1. The lowest BCUT2D eigenvalue weighted by Gasteiger charge is -2.18. The molecule has 4 rings (SSSR count). The molecule has 0 radical (unpaired) electrons. The quantitative estimate of drug-likeness (QED) is 0.480. The maximum Gasteiger partial charge on any atom is 0.249 e. The molecule has 0 aliphatic heterocycles. The van der Waals surface area contributed by atoms with Gasteiger partial charge in [0.25, 0.3) is 0 Å². The Morgan fingerprint density at radius 2 is 1.63 bits per heavy atom. The normalized spacial score (nSPS) is 11.6. The first kappa shape index (κ1) is 19.5. The zero-order valence-electron chi connectivity index (χ0n) is 16.5. The number of benzene rings is 3. The van der Waals surface area contributed by atoms with Gasteiger partial charge in [-0.25, -0.2) is 0 Å². The molecule has 0 saturated carbocycles. The zero-order chi connectivity index (χ0) is 20.6. The maximum atomic E-state index is 13.0. The second-order valence-corrected chi connectivity index (χ2v) is 6.94. The average molecular weight is 397 g/mol. The third kappa shape index (κ3) is 4.94. The number of rotatable bonds is 8. The molecule has 0 bridgehead atoms. The van der Waals surface area contributed by atoms with Gasteiger partial charge >= 0.3 is 0 Å². The van der Waals surface area contributed by atoms with Gasteiger partial charge in [-0.3, -0.25) is 9.48 Å². The molecular weight excluding hydrogens is 374 g/mol. The van der Waals surface area contributed by atoms with Crippen molar-refractivity contribution < 1.29 is 9.53 Å². The minimum Gasteiger partial charge on any atom is -0.489 e. The molecule has 0 fully saturated rings. The number of hydrogen-bond acceptors (Lipinski definition) is 3. The van der Waals surface area contributed by atoms with Crippen molar-refractivity contribution in [2.75, 3.05) is 0 Å². The third-order valence-corrected chi connectivity index (χ3v) is 4.77. The number of hydrogen-bond donors (Lipinski definition) is 1. The molecule has 1 unspecified atom stereocenters. The van der Waals surface area contributed by atoms with Gasteiger partial charge in [-0.1, -0.05) is 72.8 Å². The van der Waals surface area contributed by atoms with E-state index in [-0.39, 0.29) is 5.91 Å². The molecule has 5 heteroatoms. The summed E-state index contributed by atoms with van der Waals surface area (Å²) in [6, 6.07) is 28.8. The van der Waals surface area contributed by atoms with Gasteiger partial charge in [0.2, 0.25) is 5.91 Å². The van der Waals surface area contributed by atoms with E-state index < -0.39 is 6.04 Å². The lowest BCUT2D eigenvalue weighted by molar-refractivity contribution is -0.123. The monoisotopic (exact) mass is 397 g/mol. The van der Waals surface area contributed by atoms with Crippen LogP contribution in [0.1, 0.15) is 22.7 Å². The van der Waals surface area contributed by atoms with Crippen LogP contribution in [0.5, 0.6) is 5.75 Å². The second-order valence-electron chi connectivity index (χ2n) is 6.94. The Labute approximate surface area is 175 Å². The van der Waals surface area contributed by atoms with Crippen molar-refractivity contribution in [1.82, 2.24) is 15.1 Å². The molecule has 0 spiro atoms. The van der Waals surface area contributed by atoms with Crippen molar-refractivity contribution in [1.29, 1.82) is 0 Å². The Hall–Kier alpha value is -3.86. The summed E-state index contributed by atoms with van der Waals surface area (Å²) in [5.41, 5.74) is 2.97. The van der Waals surface area contributed by atoms with Crippen LogP contribution < -0.4 is 10.1 Å². The summed E-state index contributed by atoms with van der Waals surface area (Å²) in [5.74, 6) is 0.665. The molecule has 1 heterocycles. The van der Waals surface area contributed by atoms with Crippen molar-refractivity contribution >= 4 is 5.91 Å². The first-order valence-corrected chi connectivity index (χ1v) is 9.87. The van der Waals surface area contributed by atoms with Gasteiger partial charge in [0.1, 0.15) is 12.4 Å². The zero-order valence-corrected chi connectivity index (χ0v) is 16.5. The summed E-state index contributed by atoms with van der Waals surface area (Å²) in [4.78, 5) is 13.0. The molecule has 30 heavy (non-hydrogen) atoms. The molecule has 5 nitrogen and oxygen atoms in total. The third-order valence-electron chi connectivity index (χ3n) is 4.77.